The van der Waals surface area contributed by atoms with Crippen LogP contribution in [0.25, 0.3) is 0 Å². The quantitative estimate of drug-likeness (QED) is 0.636. The summed E-state index contributed by atoms with van der Waals surface area (Å²) in [6, 6.07) is 9.15. The van der Waals surface area contributed by atoms with Gasteiger partial charge in [-0.3, -0.25) is 4.68 Å². The van der Waals surface area contributed by atoms with Gasteiger partial charge in [-0.15, -0.1) is 0 Å². The van der Waals surface area contributed by atoms with E-state index in [2.05, 4.69) is 95.6 Å². The fourth-order valence-corrected chi connectivity index (χ4v) is 3.24. The number of rotatable bonds is 5. The molecular formula is C22H34N2. The zero-order valence-electron chi connectivity index (χ0n) is 16.7. The highest BCUT2D eigenvalue weighted by molar-refractivity contribution is 5.29. The molecule has 0 radical (unpaired) electrons. The molecule has 2 aromatic rings. The van der Waals surface area contributed by atoms with Crippen LogP contribution in [0, 0.1) is 0 Å². The largest absolute Gasteiger partial charge is 0.267 e. The minimum absolute atomic E-state index is 0.00918. The van der Waals surface area contributed by atoms with Gasteiger partial charge in [-0.1, -0.05) is 65.8 Å². The minimum Gasteiger partial charge on any atom is -0.267 e. The highest BCUT2D eigenvalue weighted by Crippen LogP contribution is 2.32. The van der Waals surface area contributed by atoms with Crippen molar-refractivity contribution in [2.24, 2.45) is 0 Å². The van der Waals surface area contributed by atoms with Crippen molar-refractivity contribution >= 4 is 0 Å². The van der Waals surface area contributed by atoms with Crippen molar-refractivity contribution in [2.75, 3.05) is 0 Å². The molecule has 1 atom stereocenters. The molecule has 0 aliphatic rings. The highest BCUT2D eigenvalue weighted by atomic mass is 15.3. The molecule has 132 valence electrons. The Kier molecular flexibility index (Phi) is 5.27. The molecule has 24 heavy (non-hydrogen) atoms. The summed E-state index contributed by atoms with van der Waals surface area (Å²) in [6.07, 6.45) is 5.29. The van der Waals surface area contributed by atoms with Gasteiger partial charge in [0.2, 0.25) is 0 Å². The SMILES string of the molecule is CC(C)c1cnn(C(C)(C)CC(C)c2ccc(C(C)(C)C)cc2)c1. The van der Waals surface area contributed by atoms with E-state index in [1.165, 1.54) is 16.7 Å². The van der Waals surface area contributed by atoms with Gasteiger partial charge < -0.3 is 0 Å². The average Bonchev–Trinajstić information content (AvgIpc) is 2.97. The van der Waals surface area contributed by atoms with Crippen molar-refractivity contribution in [3.63, 3.8) is 0 Å². The summed E-state index contributed by atoms with van der Waals surface area (Å²) in [7, 11) is 0. The fourth-order valence-electron chi connectivity index (χ4n) is 3.24. The van der Waals surface area contributed by atoms with Gasteiger partial charge in [0.05, 0.1) is 11.7 Å². The maximum Gasteiger partial charge on any atom is 0.0577 e. The van der Waals surface area contributed by atoms with E-state index in [0.717, 1.165) is 6.42 Å². The molecule has 2 rings (SSSR count). The third-order valence-corrected chi connectivity index (χ3v) is 5.04. The van der Waals surface area contributed by atoms with Gasteiger partial charge >= 0.3 is 0 Å². The molecular weight excluding hydrogens is 292 g/mol. The van der Waals surface area contributed by atoms with Gasteiger partial charge in [-0.2, -0.15) is 5.10 Å². The van der Waals surface area contributed by atoms with E-state index >= 15 is 0 Å². The molecule has 0 N–H and O–H groups in total. The predicted molar refractivity (Wildman–Crippen MR) is 104 cm³/mol. The lowest BCUT2D eigenvalue weighted by molar-refractivity contribution is 0.277. The van der Waals surface area contributed by atoms with E-state index in [4.69, 9.17) is 0 Å². The number of hydrogen-bond acceptors (Lipinski definition) is 1. The van der Waals surface area contributed by atoms with Crippen LogP contribution in [0.4, 0.5) is 0 Å². The lowest BCUT2D eigenvalue weighted by atomic mass is 9.83. The Labute approximate surface area is 148 Å². The van der Waals surface area contributed by atoms with E-state index in [1.54, 1.807) is 0 Å². The van der Waals surface area contributed by atoms with Gasteiger partial charge in [0.15, 0.2) is 0 Å². The van der Waals surface area contributed by atoms with Crippen LogP contribution in [0.15, 0.2) is 36.7 Å². The van der Waals surface area contributed by atoms with Gasteiger partial charge in [0.1, 0.15) is 0 Å². The predicted octanol–water partition coefficient (Wildman–Crippen LogP) is 6.23. The summed E-state index contributed by atoms with van der Waals surface area (Å²) in [5, 5.41) is 4.62. The molecule has 0 saturated carbocycles. The van der Waals surface area contributed by atoms with E-state index in [9.17, 15) is 0 Å². The standard InChI is InChI=1S/C22H34N2/c1-16(2)19-14-23-24(15-19)22(7,8)13-17(3)18-9-11-20(12-10-18)21(4,5)6/h9-12,14-17H,13H2,1-8H3. The van der Waals surface area contributed by atoms with Crippen molar-refractivity contribution < 1.29 is 0 Å². The maximum absolute atomic E-state index is 4.62. The van der Waals surface area contributed by atoms with E-state index in [-0.39, 0.29) is 11.0 Å². The van der Waals surface area contributed by atoms with Crippen LogP contribution in [0.5, 0.6) is 0 Å². The van der Waals surface area contributed by atoms with Gasteiger partial charge in [0.25, 0.3) is 0 Å². The van der Waals surface area contributed by atoms with Crippen LogP contribution in [0.1, 0.15) is 90.3 Å². The molecule has 0 saturated heterocycles. The molecule has 0 aliphatic carbocycles. The molecule has 0 aliphatic heterocycles. The molecule has 0 fully saturated rings. The minimum atomic E-state index is 0.00918. The zero-order chi connectivity index (χ0) is 18.1. The summed E-state index contributed by atoms with van der Waals surface area (Å²) < 4.78 is 2.14. The Balaban J connectivity index is 2.13. The van der Waals surface area contributed by atoms with Crippen LogP contribution in [-0.2, 0) is 11.0 Å². The Morgan fingerprint density at radius 3 is 1.96 bits per heavy atom. The maximum atomic E-state index is 4.62. The lowest BCUT2D eigenvalue weighted by Gasteiger charge is -2.29. The zero-order valence-corrected chi connectivity index (χ0v) is 16.7. The summed E-state index contributed by atoms with van der Waals surface area (Å²) in [4.78, 5) is 0. The Morgan fingerprint density at radius 2 is 1.50 bits per heavy atom. The summed E-state index contributed by atoms with van der Waals surface area (Å²) >= 11 is 0. The third kappa shape index (κ3) is 4.28. The molecule has 0 bridgehead atoms. The van der Waals surface area contributed by atoms with Crippen molar-refractivity contribution in [2.45, 2.75) is 84.6 Å². The highest BCUT2D eigenvalue weighted by Gasteiger charge is 2.25. The Bertz CT molecular complexity index is 654. The van der Waals surface area contributed by atoms with Crippen LogP contribution < -0.4 is 0 Å². The summed E-state index contributed by atoms with van der Waals surface area (Å²) in [6.45, 7) is 18.1. The van der Waals surface area contributed by atoms with Crippen molar-refractivity contribution in [3.05, 3.63) is 53.3 Å². The average molecular weight is 327 g/mol. The molecule has 1 unspecified atom stereocenters. The number of hydrogen-bond donors (Lipinski definition) is 0. The van der Waals surface area contributed by atoms with Crippen LogP contribution in [0.3, 0.4) is 0 Å². The van der Waals surface area contributed by atoms with E-state index < -0.39 is 0 Å². The lowest BCUT2D eigenvalue weighted by Crippen LogP contribution is -2.28. The smallest absolute Gasteiger partial charge is 0.0577 e. The van der Waals surface area contributed by atoms with Gasteiger partial charge in [-0.25, -0.2) is 0 Å². The second-order valence-electron chi connectivity index (χ2n) is 9.16. The molecule has 1 aromatic heterocycles. The van der Waals surface area contributed by atoms with Crippen molar-refractivity contribution in [1.82, 2.24) is 9.78 Å². The molecule has 0 spiro atoms. The second kappa shape index (κ2) is 6.74. The summed E-state index contributed by atoms with van der Waals surface area (Å²) in [5.74, 6) is 1.03. The first-order valence-corrected chi connectivity index (χ1v) is 9.16. The van der Waals surface area contributed by atoms with Crippen molar-refractivity contribution in [1.29, 1.82) is 0 Å². The first kappa shape index (κ1) is 18.8. The van der Waals surface area contributed by atoms with Gasteiger partial charge in [0, 0.05) is 6.20 Å². The molecule has 2 nitrogen and oxygen atoms in total. The number of benzene rings is 1. The molecule has 1 heterocycles. The van der Waals surface area contributed by atoms with Crippen molar-refractivity contribution in [3.8, 4) is 0 Å². The fraction of sp³-hybridized carbons (Fsp3) is 0.591. The first-order valence-electron chi connectivity index (χ1n) is 9.16. The Morgan fingerprint density at radius 1 is 0.917 bits per heavy atom. The topological polar surface area (TPSA) is 17.8 Å². The van der Waals surface area contributed by atoms with Crippen LogP contribution in [0.2, 0.25) is 0 Å². The van der Waals surface area contributed by atoms with Crippen LogP contribution in [-0.4, -0.2) is 9.78 Å². The molecule has 2 heteroatoms. The second-order valence-corrected chi connectivity index (χ2v) is 9.16. The van der Waals surface area contributed by atoms with Gasteiger partial charge in [-0.05, 0) is 54.2 Å². The summed E-state index contributed by atoms with van der Waals surface area (Å²) in [5.41, 5.74) is 4.34. The molecule has 0 amide bonds. The Hall–Kier alpha value is -1.57. The normalized spacial score (nSPS) is 14.2. The van der Waals surface area contributed by atoms with E-state index in [0.29, 0.717) is 11.8 Å². The van der Waals surface area contributed by atoms with Crippen LogP contribution >= 0.6 is 0 Å². The monoisotopic (exact) mass is 326 g/mol. The first-order chi connectivity index (χ1) is 11.0. The third-order valence-electron chi connectivity index (χ3n) is 5.04. The number of nitrogens with zero attached hydrogens (tertiary/aromatic N) is 2. The molecule has 1 aromatic carbocycles. The number of aromatic nitrogens is 2. The van der Waals surface area contributed by atoms with E-state index in [1.807, 2.05) is 6.20 Å².